The average molecular weight is 631 g/mol. The van der Waals surface area contributed by atoms with Gasteiger partial charge in [0.15, 0.2) is 6.29 Å². The van der Waals surface area contributed by atoms with E-state index in [2.05, 4.69) is 66.7 Å². The van der Waals surface area contributed by atoms with E-state index in [4.69, 9.17) is 18.9 Å². The van der Waals surface area contributed by atoms with Gasteiger partial charge in [-0.25, -0.2) is 0 Å². The van der Waals surface area contributed by atoms with Gasteiger partial charge in [-0.1, -0.05) is 52.3 Å². The largest absolute Gasteiger partial charge is 0.453 e. The van der Waals surface area contributed by atoms with Crippen molar-refractivity contribution in [2.75, 3.05) is 13.7 Å². The van der Waals surface area contributed by atoms with E-state index in [1.54, 1.807) is 0 Å². The van der Waals surface area contributed by atoms with Crippen molar-refractivity contribution in [3.63, 3.8) is 0 Å². The molecule has 3 N–H and O–H groups in total. The van der Waals surface area contributed by atoms with Crippen LogP contribution in [0, 0.1) is 45.3 Å². The third-order valence-corrected chi connectivity index (χ3v) is 14.4. The van der Waals surface area contributed by atoms with Crippen molar-refractivity contribution >= 4 is 5.97 Å². The normalized spacial score (nSPS) is 49.4. The molecule has 0 amide bonds. The first-order chi connectivity index (χ1) is 21.1. The Morgan fingerprint density at radius 3 is 2.49 bits per heavy atom. The first kappa shape index (κ1) is 33.6. The molecule has 2 bridgehead atoms. The minimum atomic E-state index is -1.15. The topological polar surface area (TPSA) is 115 Å². The first-order valence-corrected chi connectivity index (χ1v) is 17.5. The van der Waals surface area contributed by atoms with Crippen molar-refractivity contribution in [3.8, 4) is 0 Å². The molecule has 1 spiro atoms. The number of fused-ring (bicyclic) bond motifs is 2. The van der Waals surface area contributed by atoms with Crippen molar-refractivity contribution < 1.29 is 39.1 Å². The Bertz CT molecular complexity index is 1210. The van der Waals surface area contributed by atoms with Crippen LogP contribution >= 0.6 is 0 Å². The van der Waals surface area contributed by atoms with E-state index in [1.165, 1.54) is 12.0 Å². The molecular formula is C37H58O8. The van der Waals surface area contributed by atoms with E-state index in [9.17, 15) is 20.1 Å². The molecule has 45 heavy (non-hydrogen) atoms. The van der Waals surface area contributed by atoms with E-state index < -0.39 is 47.6 Å². The van der Waals surface area contributed by atoms with Gasteiger partial charge in [-0.05, 0) is 93.5 Å². The van der Waals surface area contributed by atoms with Gasteiger partial charge >= 0.3 is 5.97 Å². The van der Waals surface area contributed by atoms with Crippen LogP contribution in [0.4, 0.5) is 0 Å². The molecule has 8 nitrogen and oxygen atoms in total. The Hall–Kier alpha value is -1.29. The summed E-state index contributed by atoms with van der Waals surface area (Å²) in [5.74, 6) is 1.23. The zero-order valence-electron chi connectivity index (χ0n) is 28.8. The molecule has 0 aromatic rings. The predicted molar refractivity (Wildman–Crippen MR) is 170 cm³/mol. The molecule has 14 atom stereocenters. The van der Waals surface area contributed by atoms with Crippen molar-refractivity contribution in [2.24, 2.45) is 45.3 Å². The van der Waals surface area contributed by atoms with Gasteiger partial charge in [0.2, 0.25) is 0 Å². The molecule has 8 heteroatoms. The third-order valence-electron chi connectivity index (χ3n) is 14.4. The van der Waals surface area contributed by atoms with Crippen molar-refractivity contribution in [1.82, 2.24) is 0 Å². The molecule has 3 saturated carbocycles. The van der Waals surface area contributed by atoms with Crippen LogP contribution in [0.5, 0.6) is 0 Å². The number of esters is 1. The second kappa shape index (κ2) is 11.4. The maximum absolute atomic E-state index is 14.4. The quantitative estimate of drug-likeness (QED) is 0.244. The zero-order chi connectivity index (χ0) is 32.7. The number of rotatable bonds is 8. The van der Waals surface area contributed by atoms with Gasteiger partial charge in [-0.3, -0.25) is 4.79 Å². The summed E-state index contributed by atoms with van der Waals surface area (Å²) in [6, 6.07) is 0. The molecule has 2 heterocycles. The highest BCUT2D eigenvalue weighted by atomic mass is 16.7. The lowest BCUT2D eigenvalue weighted by Crippen LogP contribution is -2.65. The monoisotopic (exact) mass is 630 g/mol. The lowest BCUT2D eigenvalue weighted by Gasteiger charge is -2.63. The van der Waals surface area contributed by atoms with Crippen LogP contribution < -0.4 is 0 Å². The number of allylic oxidation sites excluding steroid dienone is 2. The van der Waals surface area contributed by atoms with E-state index in [-0.39, 0.29) is 47.3 Å². The molecule has 2 saturated heterocycles. The van der Waals surface area contributed by atoms with E-state index >= 15 is 0 Å². The molecule has 4 aliphatic carbocycles. The summed E-state index contributed by atoms with van der Waals surface area (Å²) >= 11 is 0. The van der Waals surface area contributed by atoms with Crippen LogP contribution in [-0.2, 0) is 23.7 Å². The Balaban J connectivity index is 1.28. The highest BCUT2D eigenvalue weighted by Gasteiger charge is 2.79. The summed E-state index contributed by atoms with van der Waals surface area (Å²) < 4.78 is 24.9. The fraction of sp³-hybridized carbons (Fsp3) is 0.865. The summed E-state index contributed by atoms with van der Waals surface area (Å²) in [7, 11) is 1.81. The minimum absolute atomic E-state index is 0.0149. The molecule has 0 aromatic heterocycles. The predicted octanol–water partition coefficient (Wildman–Crippen LogP) is 5.33. The number of methoxy groups -OCH3 is 1. The molecule has 0 radical (unpaired) electrons. The summed E-state index contributed by atoms with van der Waals surface area (Å²) in [5.41, 5.74) is -0.487. The molecule has 2 aliphatic heterocycles. The molecule has 6 rings (SSSR count). The molecule has 254 valence electrons. The number of carbonyl (C=O) groups excluding carboxylic acids is 1. The van der Waals surface area contributed by atoms with Gasteiger partial charge in [-0.2, -0.15) is 0 Å². The highest BCUT2D eigenvalue weighted by molar-refractivity contribution is 5.83. The summed E-state index contributed by atoms with van der Waals surface area (Å²) in [6.07, 6.45) is 9.67. The molecule has 5 fully saturated rings. The second-order valence-corrected chi connectivity index (χ2v) is 16.8. The molecular weight excluding hydrogens is 572 g/mol. The van der Waals surface area contributed by atoms with Crippen LogP contribution in [0.2, 0.25) is 0 Å². The zero-order valence-corrected chi connectivity index (χ0v) is 28.8. The Morgan fingerprint density at radius 2 is 1.82 bits per heavy atom. The van der Waals surface area contributed by atoms with Crippen molar-refractivity contribution in [3.05, 3.63) is 23.8 Å². The Kier molecular flexibility index (Phi) is 8.52. The van der Waals surface area contributed by atoms with Gasteiger partial charge < -0.3 is 34.3 Å². The molecule has 0 aromatic carbocycles. The van der Waals surface area contributed by atoms with Gasteiger partial charge in [0.05, 0.1) is 30.3 Å². The Morgan fingerprint density at radius 1 is 1.09 bits per heavy atom. The fourth-order valence-electron chi connectivity index (χ4n) is 11.7. The average Bonchev–Trinajstić information content (AvgIpc) is 3.34. The van der Waals surface area contributed by atoms with Crippen LogP contribution in [0.25, 0.3) is 0 Å². The Labute approximate surface area is 269 Å². The summed E-state index contributed by atoms with van der Waals surface area (Å²) in [4.78, 5) is 14.4. The number of hydrogen-bond acceptors (Lipinski definition) is 8. The van der Waals surface area contributed by atoms with Crippen LogP contribution in [0.15, 0.2) is 23.8 Å². The number of hydrogen-bond donors (Lipinski definition) is 3. The highest BCUT2D eigenvalue weighted by Crippen LogP contribution is 2.78. The fourth-order valence-corrected chi connectivity index (χ4v) is 11.7. The van der Waals surface area contributed by atoms with E-state index in [0.717, 1.165) is 38.5 Å². The number of aliphatic hydroxyl groups excluding tert-OH is 3. The molecule has 5 unspecified atom stereocenters. The maximum atomic E-state index is 14.4. The first-order valence-electron chi connectivity index (χ1n) is 17.5. The van der Waals surface area contributed by atoms with Crippen molar-refractivity contribution in [1.29, 1.82) is 0 Å². The molecule has 6 aliphatic rings. The standard InChI is InChI=1S/C37H58O8/c1-21(2)17-23(42-8)18-22(3)24-11-13-35(7)27-12-14-37-28(36(27,32(41)45-37)16-15-34(24,35)6)9-10-29(33(37,4)5)44-30-19-25(39)31(40)26(20-38)43-30/h12,14,17,22-31,38-40H,9-11,13,15-16,18-20H2,1-8H3/t22-,23?,24?,25-,26-,27?,28?,29+,30+,31-,34-,35+,36+,37?/m1/s1. The second-order valence-electron chi connectivity index (χ2n) is 16.8. The van der Waals surface area contributed by atoms with E-state index in [0.29, 0.717) is 11.8 Å². The lowest BCUT2D eigenvalue weighted by molar-refractivity contribution is -0.295. The van der Waals surface area contributed by atoms with Gasteiger partial charge in [0.1, 0.15) is 17.8 Å². The van der Waals surface area contributed by atoms with Crippen LogP contribution in [-0.4, -0.2) is 77.4 Å². The van der Waals surface area contributed by atoms with Crippen LogP contribution in [0.3, 0.4) is 0 Å². The SMILES string of the molecule is COC(C=C(C)C)C[C@@H](C)C1CC[C@@]2(C)C3C=CC45OC(=O)[C@]3(CC[C@]12C)C4CC[C@H](O[C@H]1C[C@@H](O)[C@@H](O)[C@@H](CO)O1)C5(C)C. The summed E-state index contributed by atoms with van der Waals surface area (Å²) in [5, 5.41) is 30.3. The number of aliphatic hydroxyl groups is 3. The lowest BCUT2D eigenvalue weighted by atomic mass is 9.38. The minimum Gasteiger partial charge on any atom is -0.453 e. The van der Waals surface area contributed by atoms with Gasteiger partial charge in [0.25, 0.3) is 0 Å². The smallest absolute Gasteiger partial charge is 0.314 e. The third kappa shape index (κ3) is 4.63. The number of carbonyl (C=O) groups is 1. The number of ether oxygens (including phenoxy) is 4. The maximum Gasteiger partial charge on any atom is 0.314 e. The summed E-state index contributed by atoms with van der Waals surface area (Å²) in [6.45, 7) is 15.5. The van der Waals surface area contributed by atoms with Crippen LogP contribution in [0.1, 0.15) is 99.8 Å². The van der Waals surface area contributed by atoms with E-state index in [1.807, 2.05) is 7.11 Å². The van der Waals surface area contributed by atoms with Gasteiger partial charge in [-0.15, -0.1) is 0 Å². The van der Waals surface area contributed by atoms with Crippen molar-refractivity contribution in [2.45, 2.75) is 142 Å². The van der Waals surface area contributed by atoms with Gasteiger partial charge in [0, 0.05) is 24.9 Å².